The number of rotatable bonds is 8. The summed E-state index contributed by atoms with van der Waals surface area (Å²) in [6.45, 7) is 3.27. The average Bonchev–Trinajstić information content (AvgIpc) is 2.79. The Hall–Kier alpha value is -3.05. The summed E-state index contributed by atoms with van der Waals surface area (Å²) in [7, 11) is -0.261. The SMILES string of the molecule is CCC(C)C(=O)OCC(=O)Oc1ccc([S+](c2ccccc2)c2ccccc2)cc1. The molecule has 0 aliphatic carbocycles. The van der Waals surface area contributed by atoms with Crippen molar-refractivity contribution in [1.82, 2.24) is 0 Å². The summed E-state index contributed by atoms with van der Waals surface area (Å²) in [5.41, 5.74) is 0. The molecule has 0 aromatic heterocycles. The van der Waals surface area contributed by atoms with Crippen LogP contribution in [0.5, 0.6) is 5.75 Å². The molecule has 154 valence electrons. The van der Waals surface area contributed by atoms with Crippen LogP contribution in [0.4, 0.5) is 0 Å². The Kier molecular flexibility index (Phi) is 7.69. The number of benzene rings is 3. The highest BCUT2D eigenvalue weighted by atomic mass is 32.2. The highest BCUT2D eigenvalue weighted by Crippen LogP contribution is 2.31. The summed E-state index contributed by atoms with van der Waals surface area (Å²) in [4.78, 5) is 27.2. The van der Waals surface area contributed by atoms with E-state index in [0.717, 1.165) is 4.90 Å². The van der Waals surface area contributed by atoms with E-state index in [1.165, 1.54) is 9.79 Å². The van der Waals surface area contributed by atoms with Crippen molar-refractivity contribution in [2.75, 3.05) is 6.61 Å². The topological polar surface area (TPSA) is 52.6 Å². The minimum Gasteiger partial charge on any atom is -0.453 e. The van der Waals surface area contributed by atoms with Crippen molar-refractivity contribution in [2.24, 2.45) is 5.92 Å². The van der Waals surface area contributed by atoms with E-state index in [0.29, 0.717) is 12.2 Å². The molecular weight excluding hydrogens is 396 g/mol. The fourth-order valence-electron chi connectivity index (χ4n) is 2.77. The van der Waals surface area contributed by atoms with Gasteiger partial charge in [0, 0.05) is 0 Å². The Bertz CT molecular complexity index is 916. The van der Waals surface area contributed by atoms with Crippen molar-refractivity contribution in [1.29, 1.82) is 0 Å². The molecule has 0 amide bonds. The van der Waals surface area contributed by atoms with Gasteiger partial charge in [0.1, 0.15) is 5.75 Å². The molecule has 0 aliphatic rings. The molecule has 4 nitrogen and oxygen atoms in total. The predicted molar refractivity (Wildman–Crippen MR) is 118 cm³/mol. The Morgan fingerprint density at radius 3 is 1.80 bits per heavy atom. The first-order valence-corrected chi connectivity index (χ1v) is 11.1. The molecule has 0 spiro atoms. The van der Waals surface area contributed by atoms with E-state index in [1.807, 2.05) is 55.5 Å². The molecule has 0 saturated carbocycles. The van der Waals surface area contributed by atoms with Crippen molar-refractivity contribution in [3.63, 3.8) is 0 Å². The fraction of sp³-hybridized carbons (Fsp3) is 0.200. The number of hydrogen-bond donors (Lipinski definition) is 0. The summed E-state index contributed by atoms with van der Waals surface area (Å²) in [6, 6.07) is 28.1. The van der Waals surface area contributed by atoms with E-state index in [2.05, 4.69) is 24.3 Å². The van der Waals surface area contributed by atoms with Crippen molar-refractivity contribution in [3.05, 3.63) is 84.9 Å². The molecule has 3 aromatic carbocycles. The van der Waals surface area contributed by atoms with Crippen LogP contribution in [0.3, 0.4) is 0 Å². The van der Waals surface area contributed by atoms with Crippen molar-refractivity contribution in [3.8, 4) is 5.75 Å². The first-order valence-electron chi connectivity index (χ1n) is 9.90. The zero-order chi connectivity index (χ0) is 21.3. The maximum Gasteiger partial charge on any atom is 0.349 e. The van der Waals surface area contributed by atoms with Crippen LogP contribution in [-0.2, 0) is 25.2 Å². The lowest BCUT2D eigenvalue weighted by molar-refractivity contribution is -0.156. The molecule has 0 N–H and O–H groups in total. The Morgan fingerprint density at radius 1 is 0.800 bits per heavy atom. The molecule has 0 aliphatic heterocycles. The summed E-state index contributed by atoms with van der Waals surface area (Å²) in [6.07, 6.45) is 0.667. The minimum absolute atomic E-state index is 0.231. The summed E-state index contributed by atoms with van der Waals surface area (Å²) >= 11 is 0. The molecule has 30 heavy (non-hydrogen) atoms. The van der Waals surface area contributed by atoms with E-state index < -0.39 is 5.97 Å². The van der Waals surface area contributed by atoms with Crippen LogP contribution in [0.15, 0.2) is 99.6 Å². The standard InChI is InChI=1S/C25H25O4S/c1-3-19(2)25(27)28-18-24(26)29-20-14-16-23(17-15-20)30(21-10-6-4-7-11-21)22-12-8-5-9-13-22/h4-17,19H,3,18H2,1-2H3/q+1. The molecule has 0 radical (unpaired) electrons. The van der Waals surface area contributed by atoms with E-state index in [-0.39, 0.29) is 29.4 Å². The third kappa shape index (κ3) is 5.74. The lowest BCUT2D eigenvalue weighted by atomic mass is 10.1. The van der Waals surface area contributed by atoms with Gasteiger partial charge in [-0.1, -0.05) is 50.2 Å². The van der Waals surface area contributed by atoms with Gasteiger partial charge in [-0.15, -0.1) is 0 Å². The number of hydrogen-bond acceptors (Lipinski definition) is 4. The lowest BCUT2D eigenvalue weighted by Gasteiger charge is -2.10. The summed E-state index contributed by atoms with van der Waals surface area (Å²) < 4.78 is 10.3. The van der Waals surface area contributed by atoms with Gasteiger partial charge in [-0.2, -0.15) is 0 Å². The van der Waals surface area contributed by atoms with Gasteiger partial charge in [0.25, 0.3) is 0 Å². The Morgan fingerprint density at radius 2 is 1.30 bits per heavy atom. The molecular formula is C25H25O4S+. The molecule has 3 aromatic rings. The van der Waals surface area contributed by atoms with Crippen LogP contribution >= 0.6 is 0 Å². The van der Waals surface area contributed by atoms with E-state index in [1.54, 1.807) is 19.1 Å². The van der Waals surface area contributed by atoms with Crippen molar-refractivity contribution in [2.45, 2.75) is 35.0 Å². The summed E-state index contributed by atoms with van der Waals surface area (Å²) in [5, 5.41) is 0. The van der Waals surface area contributed by atoms with E-state index in [9.17, 15) is 9.59 Å². The van der Waals surface area contributed by atoms with Crippen LogP contribution in [-0.4, -0.2) is 18.5 Å². The maximum atomic E-state index is 12.0. The first kappa shape index (κ1) is 21.7. The van der Waals surface area contributed by atoms with Gasteiger partial charge in [0.05, 0.1) is 16.8 Å². The molecule has 0 heterocycles. The molecule has 0 fully saturated rings. The fourth-order valence-corrected chi connectivity index (χ4v) is 4.85. The molecule has 0 saturated heterocycles. The highest BCUT2D eigenvalue weighted by molar-refractivity contribution is 7.97. The zero-order valence-electron chi connectivity index (χ0n) is 17.1. The molecule has 0 bridgehead atoms. The first-order chi connectivity index (χ1) is 14.6. The van der Waals surface area contributed by atoms with Gasteiger partial charge in [0.15, 0.2) is 21.3 Å². The third-order valence-electron chi connectivity index (χ3n) is 4.60. The molecule has 5 heteroatoms. The van der Waals surface area contributed by atoms with Gasteiger partial charge in [-0.3, -0.25) is 4.79 Å². The second-order valence-electron chi connectivity index (χ2n) is 6.79. The van der Waals surface area contributed by atoms with Gasteiger partial charge < -0.3 is 9.47 Å². The smallest absolute Gasteiger partial charge is 0.349 e. The van der Waals surface area contributed by atoms with Crippen LogP contribution in [0, 0.1) is 5.92 Å². The van der Waals surface area contributed by atoms with Crippen LogP contribution in [0.1, 0.15) is 20.3 Å². The minimum atomic E-state index is -0.593. The molecule has 1 atom stereocenters. The highest BCUT2D eigenvalue weighted by Gasteiger charge is 2.28. The third-order valence-corrected chi connectivity index (χ3v) is 6.83. The Labute approximate surface area is 180 Å². The van der Waals surface area contributed by atoms with Crippen LogP contribution in [0.2, 0.25) is 0 Å². The Balaban J connectivity index is 1.71. The largest absolute Gasteiger partial charge is 0.453 e. The van der Waals surface area contributed by atoms with Crippen molar-refractivity contribution < 1.29 is 19.1 Å². The molecule has 3 rings (SSSR count). The summed E-state index contributed by atoms with van der Waals surface area (Å²) in [5.74, 6) is -0.789. The van der Waals surface area contributed by atoms with Crippen LogP contribution in [0.25, 0.3) is 0 Å². The van der Waals surface area contributed by atoms with Crippen LogP contribution < -0.4 is 4.74 Å². The number of ether oxygens (including phenoxy) is 2. The van der Waals surface area contributed by atoms with Gasteiger partial charge in [-0.05, 0) is 55.0 Å². The molecule has 1 unspecified atom stereocenters. The van der Waals surface area contributed by atoms with E-state index in [4.69, 9.17) is 9.47 Å². The quantitative estimate of drug-likeness (QED) is 0.282. The van der Waals surface area contributed by atoms with Crippen molar-refractivity contribution >= 4 is 22.8 Å². The van der Waals surface area contributed by atoms with Gasteiger partial charge in [0.2, 0.25) is 0 Å². The maximum absolute atomic E-state index is 12.0. The normalized spacial score (nSPS) is 11.7. The number of carbonyl (C=O) groups excluding carboxylic acids is 2. The monoisotopic (exact) mass is 421 g/mol. The average molecular weight is 422 g/mol. The number of carbonyl (C=O) groups is 2. The van der Waals surface area contributed by atoms with E-state index >= 15 is 0 Å². The lowest BCUT2D eigenvalue weighted by Crippen LogP contribution is -2.22. The number of esters is 2. The second-order valence-corrected chi connectivity index (χ2v) is 8.82. The second kappa shape index (κ2) is 10.6. The van der Waals surface area contributed by atoms with Gasteiger partial charge >= 0.3 is 11.9 Å². The van der Waals surface area contributed by atoms with Gasteiger partial charge in [-0.25, -0.2) is 4.79 Å². The zero-order valence-corrected chi connectivity index (χ0v) is 17.9. The predicted octanol–water partition coefficient (Wildman–Crippen LogP) is 5.28.